The molecule has 1 rings (SSSR count). The van der Waals surface area contributed by atoms with Gasteiger partial charge in [0, 0.05) is 12.6 Å². The lowest BCUT2D eigenvalue weighted by Gasteiger charge is -2.13. The van der Waals surface area contributed by atoms with E-state index in [1.165, 1.54) is 18.4 Å². The summed E-state index contributed by atoms with van der Waals surface area (Å²) in [7, 11) is 0. The first-order valence-electron chi connectivity index (χ1n) is 7.34. The summed E-state index contributed by atoms with van der Waals surface area (Å²) in [5.74, 6) is 0.331. The number of aliphatic hydroxyl groups is 1. The van der Waals surface area contributed by atoms with Crippen molar-refractivity contribution in [2.24, 2.45) is 0 Å². The lowest BCUT2D eigenvalue weighted by Crippen LogP contribution is -2.27. The molecule has 1 aromatic rings. The molecule has 108 valence electrons. The molecule has 0 amide bonds. The Morgan fingerprint density at radius 1 is 1.05 bits per heavy atom. The lowest BCUT2D eigenvalue weighted by molar-refractivity contribution is 0.282. The molecule has 0 saturated carbocycles. The van der Waals surface area contributed by atoms with Crippen molar-refractivity contribution in [3.05, 3.63) is 29.8 Å². The maximum absolute atomic E-state index is 9.21. The topological polar surface area (TPSA) is 52.5 Å². The largest absolute Gasteiger partial charge is 0.508 e. The molecule has 1 unspecified atom stereocenters. The molecule has 1 aromatic carbocycles. The summed E-state index contributed by atoms with van der Waals surface area (Å²) in [6, 6.07) is 7.98. The van der Waals surface area contributed by atoms with Crippen LogP contribution in [-0.4, -0.2) is 29.4 Å². The normalized spacial score (nSPS) is 12.5. The molecule has 0 aliphatic carbocycles. The predicted molar refractivity (Wildman–Crippen MR) is 79.4 cm³/mol. The van der Waals surface area contributed by atoms with Gasteiger partial charge < -0.3 is 15.5 Å². The lowest BCUT2D eigenvalue weighted by atomic mass is 10.1. The van der Waals surface area contributed by atoms with Crippen LogP contribution in [0.25, 0.3) is 0 Å². The van der Waals surface area contributed by atoms with E-state index >= 15 is 0 Å². The Balaban J connectivity index is 2.04. The smallest absolute Gasteiger partial charge is 0.115 e. The molecule has 0 aliphatic rings. The first-order chi connectivity index (χ1) is 9.22. The second-order valence-electron chi connectivity index (χ2n) is 5.20. The van der Waals surface area contributed by atoms with Gasteiger partial charge in [-0.2, -0.15) is 0 Å². The molecule has 0 spiro atoms. The van der Waals surface area contributed by atoms with Gasteiger partial charge in [-0.3, -0.25) is 0 Å². The number of benzene rings is 1. The number of nitrogens with one attached hydrogen (secondary N) is 1. The van der Waals surface area contributed by atoms with E-state index < -0.39 is 0 Å². The maximum atomic E-state index is 9.21. The number of hydrogen-bond acceptors (Lipinski definition) is 3. The fraction of sp³-hybridized carbons (Fsp3) is 0.625. The highest BCUT2D eigenvalue weighted by Crippen LogP contribution is 2.11. The minimum Gasteiger partial charge on any atom is -0.508 e. The van der Waals surface area contributed by atoms with Crippen molar-refractivity contribution in [1.82, 2.24) is 5.32 Å². The van der Waals surface area contributed by atoms with E-state index in [0.717, 1.165) is 32.2 Å². The van der Waals surface area contributed by atoms with Crippen LogP contribution in [0, 0.1) is 0 Å². The molecule has 19 heavy (non-hydrogen) atoms. The summed E-state index contributed by atoms with van der Waals surface area (Å²) in [6.45, 7) is 3.59. The van der Waals surface area contributed by atoms with Crippen LogP contribution in [-0.2, 0) is 6.42 Å². The van der Waals surface area contributed by atoms with Crippen LogP contribution < -0.4 is 5.32 Å². The fourth-order valence-corrected chi connectivity index (χ4v) is 2.09. The Morgan fingerprint density at radius 3 is 2.42 bits per heavy atom. The molecule has 3 nitrogen and oxygen atoms in total. The zero-order chi connectivity index (χ0) is 13.9. The quantitative estimate of drug-likeness (QED) is 0.570. The number of hydrogen-bond donors (Lipinski definition) is 3. The van der Waals surface area contributed by atoms with E-state index in [4.69, 9.17) is 5.11 Å². The Bertz CT molecular complexity index is 324. The Kier molecular flexibility index (Phi) is 8.26. The molecule has 0 aliphatic heterocycles. The van der Waals surface area contributed by atoms with E-state index in [1.807, 2.05) is 12.1 Å². The van der Waals surface area contributed by atoms with Crippen LogP contribution in [0.5, 0.6) is 5.75 Å². The summed E-state index contributed by atoms with van der Waals surface area (Å²) in [4.78, 5) is 0. The van der Waals surface area contributed by atoms with Gasteiger partial charge in [-0.15, -0.1) is 0 Å². The van der Waals surface area contributed by atoms with Crippen molar-refractivity contribution in [1.29, 1.82) is 0 Å². The van der Waals surface area contributed by atoms with Gasteiger partial charge in [-0.25, -0.2) is 0 Å². The van der Waals surface area contributed by atoms with Crippen LogP contribution in [0.3, 0.4) is 0 Å². The zero-order valence-corrected chi connectivity index (χ0v) is 11.9. The van der Waals surface area contributed by atoms with Gasteiger partial charge in [0.05, 0.1) is 0 Å². The van der Waals surface area contributed by atoms with Gasteiger partial charge in [0.1, 0.15) is 5.75 Å². The van der Waals surface area contributed by atoms with Crippen LogP contribution >= 0.6 is 0 Å². The van der Waals surface area contributed by atoms with Crippen LogP contribution in [0.4, 0.5) is 0 Å². The van der Waals surface area contributed by atoms with Gasteiger partial charge in [-0.05, 0) is 56.8 Å². The van der Waals surface area contributed by atoms with Crippen molar-refractivity contribution in [3.8, 4) is 5.75 Å². The molecule has 0 saturated heterocycles. The first-order valence-corrected chi connectivity index (χ1v) is 7.34. The SMILES string of the molecule is CC(CCc1ccc(O)cc1)NCCCCCCO. The monoisotopic (exact) mass is 265 g/mol. The fourth-order valence-electron chi connectivity index (χ4n) is 2.09. The third-order valence-electron chi connectivity index (χ3n) is 3.38. The highest BCUT2D eigenvalue weighted by atomic mass is 16.3. The number of phenols is 1. The van der Waals surface area contributed by atoms with Crippen LogP contribution in [0.2, 0.25) is 0 Å². The van der Waals surface area contributed by atoms with Crippen LogP contribution in [0.15, 0.2) is 24.3 Å². The Morgan fingerprint density at radius 2 is 1.74 bits per heavy atom. The average Bonchev–Trinajstić information content (AvgIpc) is 2.42. The Labute approximate surface area is 116 Å². The van der Waals surface area contributed by atoms with E-state index in [-0.39, 0.29) is 0 Å². The van der Waals surface area contributed by atoms with Gasteiger partial charge in [-0.1, -0.05) is 25.0 Å². The van der Waals surface area contributed by atoms with Crippen molar-refractivity contribution >= 4 is 0 Å². The molecule has 0 aromatic heterocycles. The van der Waals surface area contributed by atoms with Crippen molar-refractivity contribution < 1.29 is 10.2 Å². The minimum atomic E-state index is 0.316. The van der Waals surface area contributed by atoms with E-state index in [2.05, 4.69) is 12.2 Å². The van der Waals surface area contributed by atoms with Crippen molar-refractivity contribution in [3.63, 3.8) is 0 Å². The standard InChI is InChI=1S/C16H27NO2/c1-14(17-12-4-2-3-5-13-18)6-7-15-8-10-16(19)11-9-15/h8-11,14,17-19H,2-7,12-13H2,1H3. The highest BCUT2D eigenvalue weighted by molar-refractivity contribution is 5.25. The third-order valence-corrected chi connectivity index (χ3v) is 3.38. The van der Waals surface area contributed by atoms with Crippen molar-refractivity contribution in [2.45, 2.75) is 51.5 Å². The molecule has 0 radical (unpaired) electrons. The summed E-state index contributed by atoms with van der Waals surface area (Å²) >= 11 is 0. The first kappa shape index (κ1) is 16.0. The molecule has 3 heteroatoms. The molecular weight excluding hydrogens is 238 g/mol. The van der Waals surface area contributed by atoms with Gasteiger partial charge in [0.25, 0.3) is 0 Å². The average molecular weight is 265 g/mol. The summed E-state index contributed by atoms with van der Waals surface area (Å²) in [5.41, 5.74) is 1.27. The molecule has 0 heterocycles. The van der Waals surface area contributed by atoms with E-state index in [9.17, 15) is 5.11 Å². The molecular formula is C16H27NO2. The van der Waals surface area contributed by atoms with Gasteiger partial charge in [0.2, 0.25) is 0 Å². The summed E-state index contributed by atoms with van der Waals surface area (Å²) in [5, 5.41) is 21.4. The number of aryl methyl sites for hydroxylation is 1. The number of phenolic OH excluding ortho intramolecular Hbond substituents is 1. The maximum Gasteiger partial charge on any atom is 0.115 e. The Hall–Kier alpha value is -1.06. The zero-order valence-electron chi connectivity index (χ0n) is 11.9. The summed E-state index contributed by atoms with van der Waals surface area (Å²) < 4.78 is 0. The van der Waals surface area contributed by atoms with E-state index in [1.54, 1.807) is 12.1 Å². The highest BCUT2D eigenvalue weighted by Gasteiger charge is 2.02. The molecule has 1 atom stereocenters. The van der Waals surface area contributed by atoms with Gasteiger partial charge >= 0.3 is 0 Å². The third kappa shape index (κ3) is 7.85. The number of unbranched alkanes of at least 4 members (excludes halogenated alkanes) is 3. The van der Waals surface area contributed by atoms with Gasteiger partial charge in [0.15, 0.2) is 0 Å². The minimum absolute atomic E-state index is 0.316. The molecule has 3 N–H and O–H groups in total. The number of aromatic hydroxyl groups is 1. The number of rotatable bonds is 10. The molecule has 0 fully saturated rings. The van der Waals surface area contributed by atoms with Crippen LogP contribution in [0.1, 0.15) is 44.6 Å². The second-order valence-corrected chi connectivity index (χ2v) is 5.20. The summed E-state index contributed by atoms with van der Waals surface area (Å²) in [6.07, 6.45) is 6.58. The van der Waals surface area contributed by atoms with E-state index in [0.29, 0.717) is 18.4 Å². The van der Waals surface area contributed by atoms with Crippen molar-refractivity contribution in [2.75, 3.05) is 13.2 Å². The second kappa shape index (κ2) is 9.82. The number of aliphatic hydroxyl groups excluding tert-OH is 1. The predicted octanol–water partition coefficient (Wildman–Crippen LogP) is 2.86. The molecule has 0 bridgehead atoms.